The maximum Gasteiger partial charge on any atom is 0.419 e. The number of ether oxygens (including phenoxy) is 1. The van der Waals surface area contributed by atoms with Crippen LogP contribution in [0.3, 0.4) is 0 Å². The second kappa shape index (κ2) is 10.3. The van der Waals surface area contributed by atoms with E-state index in [0.717, 1.165) is 30.9 Å². The maximum absolute atomic E-state index is 13.9. The molecule has 4 rings (SSSR count). The van der Waals surface area contributed by atoms with Gasteiger partial charge in [-0.1, -0.05) is 25.1 Å². The number of alkyl halides is 3. The Labute approximate surface area is 202 Å². The lowest BCUT2D eigenvalue weighted by atomic mass is 9.71. The molecule has 0 amide bonds. The minimum Gasteiger partial charge on any atom is -0.493 e. The van der Waals surface area contributed by atoms with Crippen LogP contribution in [-0.2, 0) is 22.8 Å². The summed E-state index contributed by atoms with van der Waals surface area (Å²) in [6, 6.07) is 3.71. The number of piperidine rings is 1. The number of aromatic nitrogens is 2. The molecule has 2 heterocycles. The van der Waals surface area contributed by atoms with Crippen LogP contribution in [0.2, 0.25) is 0 Å². The molecule has 1 aliphatic carbocycles. The Kier molecular flexibility index (Phi) is 7.33. The molecular formula is C26H30F3N3O3. The molecule has 1 saturated heterocycles. The molecule has 1 atom stereocenters. The molecule has 6 nitrogen and oxygen atoms in total. The number of aliphatic carboxylic acids is 1. The van der Waals surface area contributed by atoms with Gasteiger partial charge in [-0.05, 0) is 67.7 Å². The van der Waals surface area contributed by atoms with Crippen LogP contribution in [0, 0.1) is 5.92 Å². The van der Waals surface area contributed by atoms with E-state index in [1.165, 1.54) is 12.1 Å². The van der Waals surface area contributed by atoms with Gasteiger partial charge < -0.3 is 14.7 Å². The molecule has 0 spiro atoms. The zero-order chi connectivity index (χ0) is 25.1. The molecule has 35 heavy (non-hydrogen) atoms. The SMILES string of the molecule is CCc1cnc(N2CCC(COc3ccc(C4(C(=O)O)CC=CCC4)cc3C(F)(F)F)CC2)nc1. The van der Waals surface area contributed by atoms with Crippen molar-refractivity contribution in [3.63, 3.8) is 0 Å². The molecule has 1 aromatic heterocycles. The highest BCUT2D eigenvalue weighted by Gasteiger charge is 2.43. The minimum absolute atomic E-state index is 0.107. The zero-order valence-corrected chi connectivity index (χ0v) is 19.7. The predicted octanol–water partition coefficient (Wildman–Crippen LogP) is 5.42. The quantitative estimate of drug-likeness (QED) is 0.524. The molecule has 0 saturated carbocycles. The number of nitrogens with zero attached hydrogens (tertiary/aromatic N) is 3. The number of benzene rings is 1. The number of anilines is 1. The van der Waals surface area contributed by atoms with Crippen LogP contribution in [0.4, 0.5) is 19.1 Å². The highest BCUT2D eigenvalue weighted by molar-refractivity contribution is 5.82. The number of rotatable bonds is 7. The second-order valence-electron chi connectivity index (χ2n) is 9.30. The van der Waals surface area contributed by atoms with Crippen molar-refractivity contribution in [1.82, 2.24) is 9.97 Å². The lowest BCUT2D eigenvalue weighted by Gasteiger charge is -2.33. The average molecular weight is 490 g/mol. The first kappa shape index (κ1) is 25.0. The number of aryl methyl sites for hydroxylation is 1. The minimum atomic E-state index is -4.65. The normalized spacial score (nSPS) is 21.2. The van der Waals surface area contributed by atoms with Gasteiger partial charge in [0.15, 0.2) is 0 Å². The van der Waals surface area contributed by atoms with E-state index in [1.807, 2.05) is 25.4 Å². The largest absolute Gasteiger partial charge is 0.493 e. The number of carboxylic acid groups (broad SMARTS) is 1. The van der Waals surface area contributed by atoms with Gasteiger partial charge in [-0.15, -0.1) is 0 Å². The van der Waals surface area contributed by atoms with Gasteiger partial charge in [0.25, 0.3) is 0 Å². The third-order valence-corrected chi connectivity index (χ3v) is 7.09. The summed E-state index contributed by atoms with van der Waals surface area (Å²) in [6.07, 6.45) is 5.90. The first-order valence-electron chi connectivity index (χ1n) is 12.0. The molecule has 9 heteroatoms. The molecule has 1 aromatic carbocycles. The third-order valence-electron chi connectivity index (χ3n) is 7.09. The van der Waals surface area contributed by atoms with Gasteiger partial charge >= 0.3 is 12.1 Å². The first-order chi connectivity index (χ1) is 16.7. The molecular weight excluding hydrogens is 459 g/mol. The van der Waals surface area contributed by atoms with E-state index in [9.17, 15) is 23.1 Å². The number of carbonyl (C=O) groups is 1. The number of allylic oxidation sites excluding steroid dienone is 2. The van der Waals surface area contributed by atoms with Crippen molar-refractivity contribution in [2.45, 2.75) is 57.0 Å². The van der Waals surface area contributed by atoms with Crippen LogP contribution in [0.15, 0.2) is 42.7 Å². The van der Waals surface area contributed by atoms with Gasteiger partial charge in [0.05, 0.1) is 17.6 Å². The Morgan fingerprint density at radius 2 is 1.91 bits per heavy atom. The highest BCUT2D eigenvalue weighted by Crippen LogP contribution is 2.43. The second-order valence-corrected chi connectivity index (χ2v) is 9.30. The summed E-state index contributed by atoms with van der Waals surface area (Å²) >= 11 is 0. The summed E-state index contributed by atoms with van der Waals surface area (Å²) in [7, 11) is 0. The summed E-state index contributed by atoms with van der Waals surface area (Å²) in [5.41, 5.74) is -1.04. The Morgan fingerprint density at radius 1 is 1.20 bits per heavy atom. The number of halogens is 3. The molecule has 2 aliphatic rings. The highest BCUT2D eigenvalue weighted by atomic mass is 19.4. The number of hydrogen-bond acceptors (Lipinski definition) is 5. The van der Waals surface area contributed by atoms with Crippen molar-refractivity contribution in [1.29, 1.82) is 0 Å². The van der Waals surface area contributed by atoms with Crippen molar-refractivity contribution in [3.05, 3.63) is 59.4 Å². The van der Waals surface area contributed by atoms with Crippen LogP contribution in [0.25, 0.3) is 0 Å². The molecule has 188 valence electrons. The summed E-state index contributed by atoms with van der Waals surface area (Å²) < 4.78 is 47.4. The van der Waals surface area contributed by atoms with Gasteiger partial charge in [-0.25, -0.2) is 9.97 Å². The Bertz CT molecular complexity index is 1060. The monoisotopic (exact) mass is 489 g/mol. The Morgan fingerprint density at radius 3 is 2.49 bits per heavy atom. The van der Waals surface area contributed by atoms with Crippen LogP contribution < -0.4 is 9.64 Å². The zero-order valence-electron chi connectivity index (χ0n) is 19.7. The molecule has 1 fully saturated rings. The maximum atomic E-state index is 13.9. The topological polar surface area (TPSA) is 75.6 Å². The Hall–Kier alpha value is -3.10. The molecule has 0 radical (unpaired) electrons. The van der Waals surface area contributed by atoms with Crippen molar-refractivity contribution in [2.24, 2.45) is 5.92 Å². The smallest absolute Gasteiger partial charge is 0.419 e. The van der Waals surface area contributed by atoms with E-state index in [2.05, 4.69) is 14.9 Å². The van der Waals surface area contributed by atoms with Gasteiger partial charge in [-0.3, -0.25) is 4.79 Å². The van der Waals surface area contributed by atoms with Crippen LogP contribution in [0.1, 0.15) is 55.7 Å². The fourth-order valence-corrected chi connectivity index (χ4v) is 4.79. The lowest BCUT2D eigenvalue weighted by molar-refractivity contribution is -0.145. The lowest BCUT2D eigenvalue weighted by Crippen LogP contribution is -2.37. The summed E-state index contributed by atoms with van der Waals surface area (Å²) in [5.74, 6) is -0.588. The van der Waals surface area contributed by atoms with E-state index >= 15 is 0 Å². The fraction of sp³-hybridized carbons (Fsp3) is 0.500. The summed E-state index contributed by atoms with van der Waals surface area (Å²) in [4.78, 5) is 23.0. The molecule has 1 unspecified atom stereocenters. The number of hydrogen-bond donors (Lipinski definition) is 1. The van der Waals surface area contributed by atoms with Gasteiger partial charge in [-0.2, -0.15) is 13.2 Å². The van der Waals surface area contributed by atoms with E-state index < -0.39 is 23.1 Å². The third kappa shape index (κ3) is 5.44. The summed E-state index contributed by atoms with van der Waals surface area (Å²) in [5, 5.41) is 9.85. The summed E-state index contributed by atoms with van der Waals surface area (Å²) in [6.45, 7) is 3.62. The van der Waals surface area contributed by atoms with Crippen molar-refractivity contribution in [3.8, 4) is 5.75 Å². The van der Waals surface area contributed by atoms with Crippen LogP contribution in [-0.4, -0.2) is 40.7 Å². The molecule has 0 bridgehead atoms. The van der Waals surface area contributed by atoms with Crippen LogP contribution >= 0.6 is 0 Å². The first-order valence-corrected chi connectivity index (χ1v) is 12.0. The van der Waals surface area contributed by atoms with E-state index in [4.69, 9.17) is 4.74 Å². The van der Waals surface area contributed by atoms with E-state index in [-0.39, 0.29) is 36.7 Å². The fourth-order valence-electron chi connectivity index (χ4n) is 4.79. The molecule has 2 aromatic rings. The van der Waals surface area contributed by atoms with Crippen LogP contribution in [0.5, 0.6) is 5.75 Å². The standard InChI is InChI=1S/C26H30F3N3O3/c1-2-18-15-30-24(31-16-18)32-12-8-19(9-13-32)17-35-22-7-6-20(14-21(22)26(27,28)29)25(23(33)34)10-4-3-5-11-25/h3-4,6-7,14-16,19H,2,5,8-13,17H2,1H3,(H,33,34). The van der Waals surface area contributed by atoms with Gasteiger partial charge in [0, 0.05) is 25.5 Å². The molecule has 1 N–H and O–H groups in total. The van der Waals surface area contributed by atoms with Gasteiger partial charge in [0.1, 0.15) is 5.75 Å². The van der Waals surface area contributed by atoms with Crippen molar-refractivity contribution >= 4 is 11.9 Å². The van der Waals surface area contributed by atoms with Crippen molar-refractivity contribution < 1.29 is 27.8 Å². The van der Waals surface area contributed by atoms with E-state index in [0.29, 0.717) is 25.5 Å². The average Bonchev–Trinajstić information content (AvgIpc) is 2.87. The van der Waals surface area contributed by atoms with Crippen molar-refractivity contribution in [2.75, 3.05) is 24.6 Å². The van der Waals surface area contributed by atoms with E-state index in [1.54, 1.807) is 6.08 Å². The number of carboxylic acids is 1. The predicted molar refractivity (Wildman–Crippen MR) is 126 cm³/mol. The Balaban J connectivity index is 1.44. The van der Waals surface area contributed by atoms with Gasteiger partial charge in [0.2, 0.25) is 5.95 Å². The molecule has 1 aliphatic heterocycles.